The molecule has 7 heteroatoms. The number of hydrogen-bond acceptors (Lipinski definition) is 4. The SMILES string of the molecule is O=C(Nc1ccccn1)C1CCCN(c2c(-c3ccccc3)c3cc(Cl)ccc3[nH]c2=O)C1. The van der Waals surface area contributed by atoms with Crippen LogP contribution in [0.1, 0.15) is 12.8 Å². The molecule has 0 radical (unpaired) electrons. The summed E-state index contributed by atoms with van der Waals surface area (Å²) in [7, 11) is 0. The van der Waals surface area contributed by atoms with Crippen LogP contribution in [0.4, 0.5) is 11.5 Å². The molecule has 1 atom stereocenters. The number of aromatic amines is 1. The zero-order chi connectivity index (χ0) is 22.8. The van der Waals surface area contributed by atoms with Gasteiger partial charge in [-0.3, -0.25) is 9.59 Å². The average molecular weight is 459 g/mol. The molecule has 2 N–H and O–H groups in total. The lowest BCUT2D eigenvalue weighted by molar-refractivity contribution is -0.120. The second kappa shape index (κ2) is 9.08. The Morgan fingerprint density at radius 1 is 1.09 bits per heavy atom. The first-order valence-corrected chi connectivity index (χ1v) is 11.4. The molecule has 0 aliphatic carbocycles. The van der Waals surface area contributed by atoms with Gasteiger partial charge in [0.1, 0.15) is 11.5 Å². The van der Waals surface area contributed by atoms with Gasteiger partial charge in [-0.05, 0) is 48.7 Å². The molecule has 1 saturated heterocycles. The van der Waals surface area contributed by atoms with Crippen LogP contribution in [0.15, 0.2) is 77.7 Å². The van der Waals surface area contributed by atoms with Gasteiger partial charge in [-0.15, -0.1) is 0 Å². The van der Waals surface area contributed by atoms with Crippen LogP contribution in [0.5, 0.6) is 0 Å². The van der Waals surface area contributed by atoms with Gasteiger partial charge in [0, 0.05) is 40.8 Å². The van der Waals surface area contributed by atoms with Crippen LogP contribution in [-0.2, 0) is 4.79 Å². The number of pyridine rings is 2. The number of aromatic nitrogens is 2. The third-order valence-corrected chi connectivity index (χ3v) is 6.27. The molecule has 1 aliphatic heterocycles. The van der Waals surface area contributed by atoms with E-state index in [0.717, 1.165) is 34.9 Å². The summed E-state index contributed by atoms with van der Waals surface area (Å²) in [4.78, 5) is 35.5. The first-order chi connectivity index (χ1) is 16.1. The predicted molar refractivity (Wildman–Crippen MR) is 133 cm³/mol. The zero-order valence-electron chi connectivity index (χ0n) is 17.9. The van der Waals surface area contributed by atoms with Gasteiger partial charge in [0.05, 0.1) is 5.92 Å². The highest BCUT2D eigenvalue weighted by Gasteiger charge is 2.29. The summed E-state index contributed by atoms with van der Waals surface area (Å²) >= 11 is 6.33. The van der Waals surface area contributed by atoms with Crippen LogP contribution in [0, 0.1) is 5.92 Å². The molecule has 1 fully saturated rings. The molecular formula is C26H23ClN4O2. The van der Waals surface area contributed by atoms with Gasteiger partial charge in [-0.2, -0.15) is 0 Å². The van der Waals surface area contributed by atoms with E-state index in [4.69, 9.17) is 11.6 Å². The molecule has 3 heterocycles. The van der Waals surface area contributed by atoms with E-state index in [1.165, 1.54) is 0 Å². The highest BCUT2D eigenvalue weighted by Crippen LogP contribution is 2.37. The molecule has 33 heavy (non-hydrogen) atoms. The number of carbonyl (C=O) groups excluding carboxylic acids is 1. The van der Waals surface area contributed by atoms with E-state index >= 15 is 0 Å². The normalized spacial score (nSPS) is 16.0. The Morgan fingerprint density at radius 2 is 1.91 bits per heavy atom. The summed E-state index contributed by atoms with van der Waals surface area (Å²) in [6, 6.07) is 20.7. The van der Waals surface area contributed by atoms with Crippen molar-refractivity contribution in [2.45, 2.75) is 12.8 Å². The van der Waals surface area contributed by atoms with Gasteiger partial charge in [0.2, 0.25) is 5.91 Å². The van der Waals surface area contributed by atoms with Crippen molar-refractivity contribution in [3.05, 3.63) is 88.3 Å². The monoisotopic (exact) mass is 458 g/mol. The van der Waals surface area contributed by atoms with Crippen molar-refractivity contribution in [2.24, 2.45) is 5.92 Å². The topological polar surface area (TPSA) is 78.1 Å². The molecule has 2 aromatic carbocycles. The van der Waals surface area contributed by atoms with Crippen molar-refractivity contribution < 1.29 is 4.79 Å². The molecule has 6 nitrogen and oxygen atoms in total. The van der Waals surface area contributed by atoms with Gasteiger partial charge in [-0.25, -0.2) is 4.98 Å². The molecule has 4 aromatic rings. The molecule has 1 amide bonds. The quantitative estimate of drug-likeness (QED) is 0.446. The summed E-state index contributed by atoms with van der Waals surface area (Å²) in [6.07, 6.45) is 3.21. The maximum absolute atomic E-state index is 13.3. The fourth-order valence-electron chi connectivity index (χ4n) is 4.51. The third kappa shape index (κ3) is 4.34. The average Bonchev–Trinajstić information content (AvgIpc) is 2.85. The Labute approximate surface area is 196 Å². The minimum atomic E-state index is -0.251. The highest BCUT2D eigenvalue weighted by molar-refractivity contribution is 6.31. The maximum atomic E-state index is 13.3. The Morgan fingerprint density at radius 3 is 2.70 bits per heavy atom. The number of nitrogens with zero attached hydrogens (tertiary/aromatic N) is 2. The van der Waals surface area contributed by atoms with Gasteiger partial charge < -0.3 is 15.2 Å². The fraction of sp³-hybridized carbons (Fsp3) is 0.192. The minimum Gasteiger partial charge on any atom is -0.366 e. The van der Waals surface area contributed by atoms with Crippen LogP contribution in [-0.4, -0.2) is 29.0 Å². The van der Waals surface area contributed by atoms with E-state index in [1.54, 1.807) is 24.4 Å². The van der Waals surface area contributed by atoms with E-state index in [1.807, 2.05) is 53.4 Å². The number of fused-ring (bicyclic) bond motifs is 1. The minimum absolute atomic E-state index is 0.0834. The van der Waals surface area contributed by atoms with Gasteiger partial charge >= 0.3 is 0 Å². The largest absolute Gasteiger partial charge is 0.366 e. The summed E-state index contributed by atoms with van der Waals surface area (Å²) in [5.74, 6) is 0.196. The first kappa shape index (κ1) is 21.2. The molecule has 0 saturated carbocycles. The van der Waals surface area contributed by atoms with E-state index in [-0.39, 0.29) is 17.4 Å². The Hall–Kier alpha value is -3.64. The van der Waals surface area contributed by atoms with Crippen LogP contribution < -0.4 is 15.8 Å². The Bertz CT molecular complexity index is 1360. The Balaban J connectivity index is 1.56. The first-order valence-electron chi connectivity index (χ1n) is 11.0. The summed E-state index contributed by atoms with van der Waals surface area (Å²) in [5.41, 5.74) is 2.91. The summed E-state index contributed by atoms with van der Waals surface area (Å²) in [6.45, 7) is 1.15. The number of nitrogens with one attached hydrogen (secondary N) is 2. The van der Waals surface area contributed by atoms with Crippen molar-refractivity contribution in [1.82, 2.24) is 9.97 Å². The fourth-order valence-corrected chi connectivity index (χ4v) is 4.69. The van der Waals surface area contributed by atoms with Crippen LogP contribution in [0.2, 0.25) is 5.02 Å². The molecule has 2 aromatic heterocycles. The van der Waals surface area contributed by atoms with E-state index in [2.05, 4.69) is 15.3 Å². The maximum Gasteiger partial charge on any atom is 0.272 e. The molecule has 0 spiro atoms. The van der Waals surface area contributed by atoms with Crippen LogP contribution in [0.25, 0.3) is 22.0 Å². The van der Waals surface area contributed by atoms with Crippen LogP contribution in [0.3, 0.4) is 0 Å². The smallest absolute Gasteiger partial charge is 0.272 e. The van der Waals surface area contributed by atoms with Crippen LogP contribution >= 0.6 is 11.6 Å². The molecule has 0 bridgehead atoms. The van der Waals surface area contributed by atoms with Gasteiger partial charge in [0.25, 0.3) is 5.56 Å². The number of H-pyrrole nitrogens is 1. The number of carbonyl (C=O) groups is 1. The summed E-state index contributed by atoms with van der Waals surface area (Å²) in [5, 5.41) is 4.38. The lowest BCUT2D eigenvalue weighted by Crippen LogP contribution is -2.43. The van der Waals surface area contributed by atoms with Crippen molar-refractivity contribution in [3.63, 3.8) is 0 Å². The predicted octanol–water partition coefficient (Wildman–Crippen LogP) is 5.10. The van der Waals surface area contributed by atoms with Crippen molar-refractivity contribution >= 4 is 39.9 Å². The van der Waals surface area contributed by atoms with Crippen molar-refractivity contribution in [3.8, 4) is 11.1 Å². The van der Waals surface area contributed by atoms with E-state index < -0.39 is 0 Å². The molecule has 1 aliphatic rings. The second-order valence-electron chi connectivity index (χ2n) is 8.22. The number of halogens is 1. The third-order valence-electron chi connectivity index (χ3n) is 6.04. The number of anilines is 2. The molecule has 1 unspecified atom stereocenters. The lowest BCUT2D eigenvalue weighted by atomic mass is 9.94. The second-order valence-corrected chi connectivity index (χ2v) is 8.66. The number of hydrogen-bond donors (Lipinski definition) is 2. The standard InChI is InChI=1S/C26H23ClN4O2/c27-19-11-12-21-20(15-19)23(17-7-2-1-3-8-17)24(26(33)29-21)31-14-6-9-18(16-31)25(32)30-22-10-4-5-13-28-22/h1-5,7-8,10-13,15,18H,6,9,14,16H2,(H,29,33)(H,28,30,32). The van der Waals surface area contributed by atoms with E-state index in [0.29, 0.717) is 29.6 Å². The highest BCUT2D eigenvalue weighted by atomic mass is 35.5. The number of benzene rings is 2. The molecule has 166 valence electrons. The molecule has 5 rings (SSSR count). The number of piperidine rings is 1. The molecular weight excluding hydrogens is 436 g/mol. The summed E-state index contributed by atoms with van der Waals surface area (Å²) < 4.78 is 0. The van der Waals surface area contributed by atoms with Crippen molar-refractivity contribution in [2.75, 3.05) is 23.3 Å². The van der Waals surface area contributed by atoms with E-state index in [9.17, 15) is 9.59 Å². The Kier molecular flexibility index (Phi) is 5.84. The number of rotatable bonds is 4. The number of amides is 1. The lowest BCUT2D eigenvalue weighted by Gasteiger charge is -2.34. The van der Waals surface area contributed by atoms with Gasteiger partial charge in [-0.1, -0.05) is 48.0 Å². The zero-order valence-corrected chi connectivity index (χ0v) is 18.7. The van der Waals surface area contributed by atoms with Gasteiger partial charge in [0.15, 0.2) is 0 Å². The van der Waals surface area contributed by atoms with Crippen molar-refractivity contribution in [1.29, 1.82) is 0 Å².